The van der Waals surface area contributed by atoms with Crippen LogP contribution in [0.4, 0.5) is 0 Å². The van der Waals surface area contributed by atoms with Gasteiger partial charge < -0.3 is 14.2 Å². The summed E-state index contributed by atoms with van der Waals surface area (Å²) < 4.78 is 16.7. The third-order valence-corrected chi connectivity index (χ3v) is 5.57. The van der Waals surface area contributed by atoms with Gasteiger partial charge in [-0.05, 0) is 36.3 Å². The van der Waals surface area contributed by atoms with Crippen molar-refractivity contribution in [2.45, 2.75) is 24.2 Å². The van der Waals surface area contributed by atoms with Crippen molar-refractivity contribution in [1.29, 1.82) is 0 Å². The van der Waals surface area contributed by atoms with Crippen LogP contribution in [0.25, 0.3) is 0 Å². The van der Waals surface area contributed by atoms with Crippen molar-refractivity contribution >= 4 is 11.8 Å². The number of hydrogen-bond acceptors (Lipinski definition) is 4. The monoisotopic (exact) mass is 280 g/mol. The second-order valence-electron chi connectivity index (χ2n) is 5.06. The summed E-state index contributed by atoms with van der Waals surface area (Å²) >= 11 is 2.11. The van der Waals surface area contributed by atoms with E-state index >= 15 is 0 Å². The van der Waals surface area contributed by atoms with Crippen LogP contribution in [-0.2, 0) is 4.74 Å². The smallest absolute Gasteiger partial charge is 0.161 e. The molecule has 3 nitrogen and oxygen atoms in total. The van der Waals surface area contributed by atoms with Crippen LogP contribution in [0.2, 0.25) is 0 Å². The van der Waals surface area contributed by atoms with Crippen LogP contribution in [0.15, 0.2) is 18.2 Å². The Bertz CT molecular complexity index is 449. The Morgan fingerprint density at radius 2 is 2.00 bits per heavy atom. The number of rotatable bonds is 3. The quantitative estimate of drug-likeness (QED) is 0.849. The number of methoxy groups -OCH3 is 2. The van der Waals surface area contributed by atoms with Crippen molar-refractivity contribution in [2.24, 2.45) is 5.92 Å². The molecule has 2 aliphatic heterocycles. The predicted octanol–water partition coefficient (Wildman–Crippen LogP) is 3.29. The summed E-state index contributed by atoms with van der Waals surface area (Å²) in [5.41, 5.74) is 1.22. The zero-order valence-electron chi connectivity index (χ0n) is 11.4. The van der Waals surface area contributed by atoms with Gasteiger partial charge in [0.15, 0.2) is 11.5 Å². The summed E-state index contributed by atoms with van der Waals surface area (Å²) in [6, 6.07) is 6.15. The topological polar surface area (TPSA) is 27.7 Å². The van der Waals surface area contributed by atoms with E-state index in [0.717, 1.165) is 23.4 Å². The van der Waals surface area contributed by atoms with Crippen LogP contribution in [0.5, 0.6) is 11.5 Å². The number of benzene rings is 1. The molecular formula is C15H20O3S. The fraction of sp³-hybridized carbons (Fsp3) is 0.600. The van der Waals surface area contributed by atoms with Crippen molar-refractivity contribution in [3.05, 3.63) is 23.8 Å². The minimum atomic E-state index is 0.216. The van der Waals surface area contributed by atoms with Gasteiger partial charge in [0.05, 0.1) is 20.3 Å². The van der Waals surface area contributed by atoms with E-state index in [9.17, 15) is 0 Å². The standard InChI is InChI=1S/C15H20O3S/c1-16-12-4-3-10(9-13(12)17-2)15-11-6-8-19-14(11)5-7-18-15/h3-4,9,11,14-15H,5-8H2,1-2H3/t11-,14+,15?/m1/s1. The van der Waals surface area contributed by atoms with Crippen LogP contribution >= 0.6 is 11.8 Å². The van der Waals surface area contributed by atoms with E-state index in [1.54, 1.807) is 14.2 Å². The van der Waals surface area contributed by atoms with E-state index in [1.165, 1.54) is 24.2 Å². The average Bonchev–Trinajstić information content (AvgIpc) is 2.94. The van der Waals surface area contributed by atoms with Gasteiger partial charge in [-0.25, -0.2) is 0 Å². The molecule has 0 aromatic heterocycles. The minimum absolute atomic E-state index is 0.216. The Kier molecular flexibility index (Phi) is 3.89. The van der Waals surface area contributed by atoms with Gasteiger partial charge in [0.25, 0.3) is 0 Å². The Hall–Kier alpha value is -0.870. The maximum absolute atomic E-state index is 6.04. The molecule has 0 saturated carbocycles. The molecule has 0 amide bonds. The van der Waals surface area contributed by atoms with Gasteiger partial charge in [0.1, 0.15) is 0 Å². The SMILES string of the molecule is COc1ccc(C2OCC[C@@H]3SCC[C@@H]23)cc1OC. The van der Waals surface area contributed by atoms with Gasteiger partial charge in [-0.1, -0.05) is 6.07 Å². The number of ether oxygens (including phenoxy) is 3. The Labute approximate surface area is 118 Å². The van der Waals surface area contributed by atoms with Gasteiger partial charge in [-0.15, -0.1) is 0 Å². The van der Waals surface area contributed by atoms with E-state index in [-0.39, 0.29) is 6.10 Å². The molecule has 0 spiro atoms. The molecule has 2 aliphatic rings. The number of hydrogen-bond donors (Lipinski definition) is 0. The minimum Gasteiger partial charge on any atom is -0.493 e. The lowest BCUT2D eigenvalue weighted by molar-refractivity contribution is -0.0224. The lowest BCUT2D eigenvalue weighted by Gasteiger charge is -2.33. The molecule has 2 heterocycles. The summed E-state index contributed by atoms with van der Waals surface area (Å²) in [7, 11) is 3.34. The van der Waals surface area contributed by atoms with Gasteiger partial charge in [0.2, 0.25) is 0 Å². The molecule has 19 heavy (non-hydrogen) atoms. The lowest BCUT2D eigenvalue weighted by Crippen LogP contribution is -2.29. The maximum atomic E-state index is 6.04. The Balaban J connectivity index is 1.88. The molecule has 3 rings (SSSR count). The molecule has 0 aliphatic carbocycles. The van der Waals surface area contributed by atoms with E-state index in [0.29, 0.717) is 5.92 Å². The van der Waals surface area contributed by atoms with Crippen molar-refractivity contribution in [3.63, 3.8) is 0 Å². The molecule has 3 atom stereocenters. The van der Waals surface area contributed by atoms with Gasteiger partial charge in [0, 0.05) is 17.8 Å². The molecule has 1 unspecified atom stereocenters. The van der Waals surface area contributed by atoms with Gasteiger partial charge >= 0.3 is 0 Å². The first-order valence-corrected chi connectivity index (χ1v) is 7.83. The summed E-state index contributed by atoms with van der Waals surface area (Å²) in [5.74, 6) is 3.48. The zero-order chi connectivity index (χ0) is 13.2. The second-order valence-corrected chi connectivity index (χ2v) is 6.40. The van der Waals surface area contributed by atoms with Gasteiger partial charge in [-0.2, -0.15) is 11.8 Å². The third kappa shape index (κ3) is 2.43. The molecule has 1 aromatic carbocycles. The van der Waals surface area contributed by atoms with E-state index in [1.807, 2.05) is 6.07 Å². The highest BCUT2D eigenvalue weighted by Crippen LogP contribution is 2.47. The first-order valence-electron chi connectivity index (χ1n) is 6.78. The van der Waals surface area contributed by atoms with Crippen molar-refractivity contribution in [2.75, 3.05) is 26.6 Å². The van der Waals surface area contributed by atoms with Crippen molar-refractivity contribution in [1.82, 2.24) is 0 Å². The largest absolute Gasteiger partial charge is 0.493 e. The second kappa shape index (κ2) is 5.63. The van der Waals surface area contributed by atoms with Crippen LogP contribution in [0.1, 0.15) is 24.5 Å². The molecule has 104 valence electrons. The number of fused-ring (bicyclic) bond motifs is 1. The fourth-order valence-electron chi connectivity index (χ4n) is 3.12. The summed E-state index contributed by atoms with van der Waals surface area (Å²) in [6.07, 6.45) is 2.67. The molecule has 2 saturated heterocycles. The maximum Gasteiger partial charge on any atom is 0.161 e. The first kappa shape index (κ1) is 13.1. The number of thioether (sulfide) groups is 1. The first-order chi connectivity index (χ1) is 9.33. The normalized spacial score (nSPS) is 29.9. The summed E-state index contributed by atoms with van der Waals surface area (Å²) in [6.45, 7) is 0.868. The molecule has 0 N–H and O–H groups in total. The van der Waals surface area contributed by atoms with E-state index in [4.69, 9.17) is 14.2 Å². The molecule has 2 fully saturated rings. The molecule has 0 bridgehead atoms. The molecular weight excluding hydrogens is 260 g/mol. The summed E-state index contributed by atoms with van der Waals surface area (Å²) in [5, 5.41) is 0.770. The highest BCUT2D eigenvalue weighted by atomic mass is 32.2. The molecule has 0 radical (unpaired) electrons. The van der Waals surface area contributed by atoms with Crippen LogP contribution in [0, 0.1) is 5.92 Å². The Morgan fingerprint density at radius 1 is 1.16 bits per heavy atom. The Morgan fingerprint density at radius 3 is 2.79 bits per heavy atom. The summed E-state index contributed by atoms with van der Waals surface area (Å²) in [4.78, 5) is 0. The highest BCUT2D eigenvalue weighted by molar-refractivity contribution is 8.00. The van der Waals surface area contributed by atoms with Crippen LogP contribution in [-0.4, -0.2) is 31.8 Å². The molecule has 1 aromatic rings. The van der Waals surface area contributed by atoms with E-state index in [2.05, 4.69) is 23.9 Å². The average molecular weight is 280 g/mol. The zero-order valence-corrected chi connectivity index (χ0v) is 12.2. The lowest BCUT2D eigenvalue weighted by atomic mass is 9.87. The van der Waals surface area contributed by atoms with E-state index < -0.39 is 0 Å². The van der Waals surface area contributed by atoms with Crippen LogP contribution < -0.4 is 9.47 Å². The molecule has 4 heteroatoms. The predicted molar refractivity (Wildman–Crippen MR) is 77.2 cm³/mol. The van der Waals surface area contributed by atoms with Crippen LogP contribution in [0.3, 0.4) is 0 Å². The third-order valence-electron chi connectivity index (χ3n) is 4.09. The van der Waals surface area contributed by atoms with Gasteiger partial charge in [-0.3, -0.25) is 0 Å². The van der Waals surface area contributed by atoms with Crippen molar-refractivity contribution in [3.8, 4) is 11.5 Å². The highest BCUT2D eigenvalue weighted by Gasteiger charge is 2.38. The van der Waals surface area contributed by atoms with Crippen molar-refractivity contribution < 1.29 is 14.2 Å². The fourth-order valence-corrected chi connectivity index (χ4v) is 4.62.